The number of primary sulfonamides is 1. The van der Waals surface area contributed by atoms with E-state index in [4.69, 9.17) is 5.14 Å². The topological polar surface area (TPSA) is 73.1 Å². The van der Waals surface area contributed by atoms with Crippen LogP contribution in [0.5, 0.6) is 0 Å². The summed E-state index contributed by atoms with van der Waals surface area (Å²) in [6.45, 7) is 0. The van der Waals surface area contributed by atoms with Crippen LogP contribution < -0.4 is 5.14 Å². The summed E-state index contributed by atoms with van der Waals surface area (Å²) >= 11 is 0. The van der Waals surface area contributed by atoms with Gasteiger partial charge in [-0.2, -0.15) is 13.2 Å². The average molecular weight is 366 g/mol. The van der Waals surface area contributed by atoms with Crippen molar-refractivity contribution in [1.82, 2.24) is 4.98 Å². The Morgan fingerprint density at radius 1 is 0.960 bits per heavy atom. The van der Waals surface area contributed by atoms with Gasteiger partial charge in [-0.1, -0.05) is 24.3 Å². The fourth-order valence-corrected chi connectivity index (χ4v) is 3.09. The van der Waals surface area contributed by atoms with E-state index < -0.39 is 21.8 Å². The van der Waals surface area contributed by atoms with Crippen LogP contribution in [0.25, 0.3) is 11.1 Å². The van der Waals surface area contributed by atoms with Crippen molar-refractivity contribution in [2.75, 3.05) is 0 Å². The largest absolute Gasteiger partial charge is 0.417 e. The van der Waals surface area contributed by atoms with Crippen LogP contribution in [0.1, 0.15) is 23.2 Å². The Morgan fingerprint density at radius 2 is 1.60 bits per heavy atom. The van der Waals surface area contributed by atoms with Crippen molar-refractivity contribution in [2.24, 2.45) is 5.14 Å². The molecule has 0 amide bonds. The number of nitrogens with two attached hydrogens (primary N) is 1. The molecule has 0 aliphatic heterocycles. The highest BCUT2D eigenvalue weighted by Crippen LogP contribution is 2.36. The number of hydrogen-bond acceptors (Lipinski definition) is 3. The van der Waals surface area contributed by atoms with Crippen LogP contribution in [0.4, 0.5) is 13.2 Å². The van der Waals surface area contributed by atoms with Crippen LogP contribution in [0.15, 0.2) is 59.6 Å². The molecule has 1 aromatic heterocycles. The number of sulfonamides is 1. The first kappa shape index (κ1) is 17.4. The van der Waals surface area contributed by atoms with Crippen LogP contribution in [0.2, 0.25) is 0 Å². The number of nitrogens with zero attached hydrogens (tertiary/aromatic N) is 1. The van der Waals surface area contributed by atoms with Crippen molar-refractivity contribution in [2.45, 2.75) is 17.5 Å². The van der Waals surface area contributed by atoms with E-state index in [9.17, 15) is 21.6 Å². The number of rotatable bonds is 3. The molecular formula is C17H13F3N2O2S. The quantitative estimate of drug-likeness (QED) is 0.902. The van der Waals surface area contributed by atoms with Crippen LogP contribution in [-0.2, 0) is 16.2 Å². The second kappa shape index (κ2) is 6.12. The van der Waals surface area contributed by atoms with E-state index in [1.165, 1.54) is 18.2 Å². The minimum absolute atomic E-state index is 0.00645. The van der Waals surface area contributed by atoms with Crippen LogP contribution >= 0.6 is 0 Å². The molecule has 130 valence electrons. The van der Waals surface area contributed by atoms with E-state index in [1.807, 2.05) is 12.2 Å². The first-order valence-electron chi connectivity index (χ1n) is 7.24. The third kappa shape index (κ3) is 3.64. The standard InChI is InChI=1S/C17H13F3N2O2S/c18-17(19,20)12-6-9-16(22-10-12)15-3-1-2-14(15)11-4-7-13(8-5-11)25(21,23)24/h2-10H,1H2,(H2,21,23,24). The van der Waals surface area contributed by atoms with Gasteiger partial charge in [-0.05, 0) is 41.8 Å². The van der Waals surface area contributed by atoms with Crippen LogP contribution in [0.3, 0.4) is 0 Å². The lowest BCUT2D eigenvalue weighted by Gasteiger charge is -2.11. The maximum atomic E-state index is 12.6. The maximum Gasteiger partial charge on any atom is 0.417 e. The minimum Gasteiger partial charge on any atom is -0.256 e. The van der Waals surface area contributed by atoms with Crippen molar-refractivity contribution >= 4 is 21.2 Å². The van der Waals surface area contributed by atoms with E-state index in [0.717, 1.165) is 23.4 Å². The molecule has 0 radical (unpaired) electrons. The van der Waals surface area contributed by atoms with Crippen molar-refractivity contribution < 1.29 is 21.6 Å². The van der Waals surface area contributed by atoms with Gasteiger partial charge in [-0.15, -0.1) is 0 Å². The maximum absolute atomic E-state index is 12.6. The monoisotopic (exact) mass is 366 g/mol. The molecule has 3 rings (SSSR count). The summed E-state index contributed by atoms with van der Waals surface area (Å²) in [5.74, 6) is 0. The molecule has 2 N–H and O–H groups in total. The van der Waals surface area contributed by atoms with Crippen LogP contribution in [-0.4, -0.2) is 13.4 Å². The normalized spacial score (nSPS) is 15.0. The summed E-state index contributed by atoms with van der Waals surface area (Å²) in [4.78, 5) is 3.91. The second-order valence-electron chi connectivity index (χ2n) is 5.47. The van der Waals surface area contributed by atoms with Gasteiger partial charge in [0, 0.05) is 11.8 Å². The molecule has 2 aromatic rings. The number of allylic oxidation sites excluding steroid dienone is 4. The number of aromatic nitrogens is 1. The van der Waals surface area contributed by atoms with E-state index in [1.54, 1.807) is 12.1 Å². The van der Waals surface area contributed by atoms with E-state index in [0.29, 0.717) is 17.7 Å². The molecule has 0 fully saturated rings. The summed E-state index contributed by atoms with van der Waals surface area (Å²) in [6.07, 6.45) is 0.747. The van der Waals surface area contributed by atoms with Gasteiger partial charge in [0.05, 0.1) is 16.2 Å². The number of hydrogen-bond donors (Lipinski definition) is 1. The molecule has 1 aromatic carbocycles. The van der Waals surface area contributed by atoms with Crippen molar-refractivity contribution in [3.63, 3.8) is 0 Å². The first-order chi connectivity index (χ1) is 11.7. The third-order valence-corrected chi connectivity index (χ3v) is 4.72. The number of benzene rings is 1. The average Bonchev–Trinajstić information content (AvgIpc) is 3.03. The highest BCUT2D eigenvalue weighted by atomic mass is 32.2. The summed E-state index contributed by atoms with van der Waals surface area (Å²) in [5, 5.41) is 5.07. The Bertz CT molecular complexity index is 958. The van der Waals surface area contributed by atoms with Crippen molar-refractivity contribution in [3.8, 4) is 0 Å². The lowest BCUT2D eigenvalue weighted by atomic mass is 9.98. The molecular weight excluding hydrogens is 353 g/mol. The zero-order chi connectivity index (χ0) is 18.2. The fraction of sp³-hybridized carbons (Fsp3) is 0.118. The smallest absolute Gasteiger partial charge is 0.256 e. The third-order valence-electron chi connectivity index (χ3n) is 3.79. The first-order valence-corrected chi connectivity index (χ1v) is 8.78. The summed E-state index contributed by atoms with van der Waals surface area (Å²) in [7, 11) is -3.78. The van der Waals surface area contributed by atoms with E-state index >= 15 is 0 Å². The number of pyridine rings is 1. The van der Waals surface area contributed by atoms with Gasteiger partial charge in [0.1, 0.15) is 0 Å². The summed E-state index contributed by atoms with van der Waals surface area (Å²) < 4.78 is 60.6. The minimum atomic E-state index is -4.43. The van der Waals surface area contributed by atoms with Gasteiger partial charge in [0.25, 0.3) is 0 Å². The second-order valence-corrected chi connectivity index (χ2v) is 7.03. The number of alkyl halides is 3. The van der Waals surface area contributed by atoms with Gasteiger partial charge in [-0.3, -0.25) is 4.98 Å². The van der Waals surface area contributed by atoms with Crippen molar-refractivity contribution in [3.05, 3.63) is 71.6 Å². The lowest BCUT2D eigenvalue weighted by Crippen LogP contribution is -2.11. The Kier molecular flexibility index (Phi) is 4.26. The van der Waals surface area contributed by atoms with Gasteiger partial charge < -0.3 is 0 Å². The lowest BCUT2D eigenvalue weighted by molar-refractivity contribution is -0.137. The molecule has 0 spiro atoms. The molecule has 8 heteroatoms. The van der Waals surface area contributed by atoms with Gasteiger partial charge in [0.2, 0.25) is 10.0 Å². The molecule has 0 saturated carbocycles. The van der Waals surface area contributed by atoms with Crippen molar-refractivity contribution in [1.29, 1.82) is 0 Å². The highest BCUT2D eigenvalue weighted by molar-refractivity contribution is 7.89. The Hall–Kier alpha value is -2.45. The molecule has 0 unspecified atom stereocenters. The van der Waals surface area contributed by atoms with Gasteiger partial charge in [0.15, 0.2) is 0 Å². The molecule has 0 bridgehead atoms. The molecule has 0 saturated heterocycles. The zero-order valence-electron chi connectivity index (χ0n) is 12.8. The van der Waals surface area contributed by atoms with Gasteiger partial charge in [-0.25, -0.2) is 13.6 Å². The summed E-state index contributed by atoms with van der Waals surface area (Å²) in [6, 6.07) is 8.31. The molecule has 25 heavy (non-hydrogen) atoms. The SMILES string of the molecule is NS(=O)(=O)c1ccc(C2=CCC=C2c2ccc(C(F)(F)F)cn2)cc1. The fourth-order valence-electron chi connectivity index (χ4n) is 2.58. The molecule has 4 nitrogen and oxygen atoms in total. The summed E-state index contributed by atoms with van der Waals surface area (Å²) in [5.41, 5.74) is 1.84. The molecule has 1 heterocycles. The van der Waals surface area contributed by atoms with E-state index in [-0.39, 0.29) is 4.90 Å². The highest BCUT2D eigenvalue weighted by Gasteiger charge is 2.31. The van der Waals surface area contributed by atoms with E-state index in [2.05, 4.69) is 4.98 Å². The predicted molar refractivity (Wildman–Crippen MR) is 87.6 cm³/mol. The number of halogens is 3. The Morgan fingerprint density at radius 3 is 2.12 bits per heavy atom. The van der Waals surface area contributed by atoms with Gasteiger partial charge >= 0.3 is 6.18 Å². The Labute approximate surface area is 142 Å². The predicted octanol–water partition coefficient (Wildman–Crippen LogP) is 3.62. The molecule has 1 aliphatic rings. The van der Waals surface area contributed by atoms with Crippen LogP contribution in [0, 0.1) is 0 Å². The Balaban J connectivity index is 1.91. The molecule has 1 aliphatic carbocycles. The molecule has 0 atom stereocenters. The zero-order valence-corrected chi connectivity index (χ0v) is 13.6.